The summed E-state index contributed by atoms with van der Waals surface area (Å²) in [6.07, 6.45) is 8.34. The van der Waals surface area contributed by atoms with Crippen LogP contribution in [0, 0.1) is 12.8 Å². The highest BCUT2D eigenvalue weighted by atomic mass is 35.5. The molecule has 5 nitrogen and oxygen atoms in total. The first-order valence-corrected chi connectivity index (χ1v) is 8.85. The van der Waals surface area contributed by atoms with Crippen molar-refractivity contribution in [3.63, 3.8) is 0 Å². The quantitative estimate of drug-likeness (QED) is 0.849. The molecule has 0 aromatic carbocycles. The van der Waals surface area contributed by atoms with Crippen molar-refractivity contribution in [1.82, 2.24) is 20.5 Å². The van der Waals surface area contributed by atoms with Crippen LogP contribution in [-0.2, 0) is 11.3 Å². The van der Waals surface area contributed by atoms with Crippen molar-refractivity contribution < 1.29 is 4.79 Å². The van der Waals surface area contributed by atoms with Crippen LogP contribution in [0.2, 0.25) is 0 Å². The van der Waals surface area contributed by atoms with Crippen molar-refractivity contribution in [2.45, 2.75) is 45.2 Å². The minimum Gasteiger partial charge on any atom is -0.354 e. The fourth-order valence-corrected chi connectivity index (χ4v) is 3.64. The SMILES string of the molecule is Cc1ccncc1CN1CCCC(CNC(=O)C2CCCN2)C1.Cl. The molecular formula is C18H29ClN4O. The standard InChI is InChI=1S/C18H28N4O.ClH/c1-14-6-8-19-11-16(14)13-22-9-3-4-15(12-22)10-21-18(23)17-5-2-7-20-17;/h6,8,11,15,17,20H,2-5,7,9-10,12-13H2,1H3,(H,21,23);1H. The molecule has 24 heavy (non-hydrogen) atoms. The molecule has 1 aromatic rings. The van der Waals surface area contributed by atoms with E-state index in [1.165, 1.54) is 24.0 Å². The van der Waals surface area contributed by atoms with Gasteiger partial charge in [-0.2, -0.15) is 0 Å². The summed E-state index contributed by atoms with van der Waals surface area (Å²) in [5.74, 6) is 0.744. The number of amides is 1. The lowest BCUT2D eigenvalue weighted by atomic mass is 9.97. The Hall–Kier alpha value is -1.17. The highest BCUT2D eigenvalue weighted by Crippen LogP contribution is 2.19. The third-order valence-electron chi connectivity index (χ3n) is 5.09. The second kappa shape index (κ2) is 9.35. The number of aromatic nitrogens is 1. The van der Waals surface area contributed by atoms with E-state index in [1.807, 2.05) is 12.4 Å². The summed E-state index contributed by atoms with van der Waals surface area (Å²) in [4.78, 5) is 18.9. The molecule has 6 heteroatoms. The van der Waals surface area contributed by atoms with Gasteiger partial charge in [0, 0.05) is 32.0 Å². The third kappa shape index (κ3) is 5.16. The van der Waals surface area contributed by atoms with E-state index < -0.39 is 0 Å². The lowest BCUT2D eigenvalue weighted by molar-refractivity contribution is -0.123. The summed E-state index contributed by atoms with van der Waals surface area (Å²) in [6, 6.07) is 2.11. The van der Waals surface area contributed by atoms with Gasteiger partial charge < -0.3 is 10.6 Å². The smallest absolute Gasteiger partial charge is 0.237 e. The predicted molar refractivity (Wildman–Crippen MR) is 98.3 cm³/mol. The van der Waals surface area contributed by atoms with Gasteiger partial charge in [0.15, 0.2) is 0 Å². The molecule has 134 valence electrons. The van der Waals surface area contributed by atoms with E-state index in [0.29, 0.717) is 5.92 Å². The molecule has 3 heterocycles. The van der Waals surface area contributed by atoms with E-state index in [4.69, 9.17) is 0 Å². The van der Waals surface area contributed by atoms with E-state index in [-0.39, 0.29) is 24.4 Å². The van der Waals surface area contributed by atoms with Crippen molar-refractivity contribution in [3.05, 3.63) is 29.6 Å². The molecule has 2 N–H and O–H groups in total. The number of hydrogen-bond donors (Lipinski definition) is 2. The Labute approximate surface area is 151 Å². The molecule has 2 saturated heterocycles. The van der Waals surface area contributed by atoms with E-state index in [2.05, 4.69) is 33.5 Å². The number of pyridine rings is 1. The predicted octanol–water partition coefficient (Wildman–Crippen LogP) is 1.89. The molecule has 2 unspecified atom stereocenters. The molecule has 0 aliphatic carbocycles. The number of rotatable bonds is 5. The molecular weight excluding hydrogens is 324 g/mol. The van der Waals surface area contributed by atoms with Crippen molar-refractivity contribution in [1.29, 1.82) is 0 Å². The van der Waals surface area contributed by atoms with Crippen molar-refractivity contribution >= 4 is 18.3 Å². The number of nitrogens with one attached hydrogen (secondary N) is 2. The second-order valence-electron chi connectivity index (χ2n) is 6.94. The molecule has 0 radical (unpaired) electrons. The van der Waals surface area contributed by atoms with Gasteiger partial charge in [0.2, 0.25) is 5.91 Å². The van der Waals surface area contributed by atoms with Gasteiger partial charge in [0.1, 0.15) is 0 Å². The molecule has 0 bridgehead atoms. The minimum absolute atomic E-state index is 0. The van der Waals surface area contributed by atoms with Crippen LogP contribution in [0.5, 0.6) is 0 Å². The Kier molecular flexibility index (Phi) is 7.46. The van der Waals surface area contributed by atoms with Gasteiger partial charge in [-0.3, -0.25) is 14.7 Å². The lowest BCUT2D eigenvalue weighted by Gasteiger charge is -2.33. The van der Waals surface area contributed by atoms with Crippen LogP contribution in [-0.4, -0.2) is 48.0 Å². The Balaban J connectivity index is 0.00000208. The first kappa shape index (κ1) is 19.2. The molecule has 3 rings (SSSR count). The Morgan fingerprint density at radius 3 is 3.04 bits per heavy atom. The Morgan fingerprint density at radius 2 is 2.29 bits per heavy atom. The Bertz CT molecular complexity index is 534. The maximum Gasteiger partial charge on any atom is 0.237 e. The van der Waals surface area contributed by atoms with Crippen LogP contribution in [0.1, 0.15) is 36.8 Å². The number of nitrogens with zero attached hydrogens (tertiary/aromatic N) is 2. The average molecular weight is 353 g/mol. The summed E-state index contributed by atoms with van der Waals surface area (Å²) in [7, 11) is 0. The van der Waals surface area contributed by atoms with Gasteiger partial charge in [0.25, 0.3) is 0 Å². The van der Waals surface area contributed by atoms with Crippen LogP contribution < -0.4 is 10.6 Å². The molecule has 0 saturated carbocycles. The molecule has 2 aliphatic heterocycles. The van der Waals surface area contributed by atoms with Crippen LogP contribution in [0.15, 0.2) is 18.5 Å². The molecule has 2 fully saturated rings. The van der Waals surface area contributed by atoms with Crippen molar-refractivity contribution in [2.75, 3.05) is 26.2 Å². The molecule has 1 amide bonds. The van der Waals surface area contributed by atoms with E-state index in [1.54, 1.807) is 0 Å². The molecule has 0 spiro atoms. The highest BCUT2D eigenvalue weighted by Gasteiger charge is 2.24. The Morgan fingerprint density at radius 1 is 1.42 bits per heavy atom. The first-order chi connectivity index (χ1) is 11.2. The van der Waals surface area contributed by atoms with Gasteiger partial charge in [-0.15, -0.1) is 12.4 Å². The number of piperidine rings is 1. The zero-order chi connectivity index (χ0) is 16.1. The second-order valence-corrected chi connectivity index (χ2v) is 6.94. The average Bonchev–Trinajstić information content (AvgIpc) is 3.10. The largest absolute Gasteiger partial charge is 0.354 e. The third-order valence-corrected chi connectivity index (χ3v) is 5.09. The van der Waals surface area contributed by atoms with Crippen LogP contribution in [0.3, 0.4) is 0 Å². The van der Waals surface area contributed by atoms with Crippen molar-refractivity contribution in [2.24, 2.45) is 5.92 Å². The summed E-state index contributed by atoms with van der Waals surface area (Å²) >= 11 is 0. The summed E-state index contributed by atoms with van der Waals surface area (Å²) in [6.45, 7) is 7.09. The first-order valence-electron chi connectivity index (χ1n) is 8.85. The maximum absolute atomic E-state index is 12.1. The number of carbonyl (C=O) groups is 1. The lowest BCUT2D eigenvalue weighted by Crippen LogP contribution is -2.45. The number of halogens is 1. The summed E-state index contributed by atoms with van der Waals surface area (Å²) < 4.78 is 0. The minimum atomic E-state index is 0. The maximum atomic E-state index is 12.1. The van der Waals surface area contributed by atoms with Gasteiger partial charge in [-0.25, -0.2) is 0 Å². The summed E-state index contributed by atoms with van der Waals surface area (Å²) in [5, 5.41) is 6.41. The zero-order valence-electron chi connectivity index (χ0n) is 14.5. The van der Waals surface area contributed by atoms with E-state index >= 15 is 0 Å². The van der Waals surface area contributed by atoms with Crippen LogP contribution in [0.25, 0.3) is 0 Å². The van der Waals surface area contributed by atoms with Gasteiger partial charge in [-0.1, -0.05) is 0 Å². The molecule has 2 aliphatic rings. The highest BCUT2D eigenvalue weighted by molar-refractivity contribution is 5.85. The topological polar surface area (TPSA) is 57.3 Å². The van der Waals surface area contributed by atoms with E-state index in [9.17, 15) is 4.79 Å². The van der Waals surface area contributed by atoms with Gasteiger partial charge in [0.05, 0.1) is 6.04 Å². The fraction of sp³-hybridized carbons (Fsp3) is 0.667. The zero-order valence-corrected chi connectivity index (χ0v) is 15.3. The number of likely N-dealkylation sites (tertiary alicyclic amines) is 1. The monoisotopic (exact) mass is 352 g/mol. The van der Waals surface area contributed by atoms with Crippen LogP contribution in [0.4, 0.5) is 0 Å². The summed E-state index contributed by atoms with van der Waals surface area (Å²) in [5.41, 5.74) is 2.62. The molecule has 2 atom stereocenters. The fourth-order valence-electron chi connectivity index (χ4n) is 3.64. The van der Waals surface area contributed by atoms with Crippen LogP contribution >= 0.6 is 12.4 Å². The number of hydrogen-bond acceptors (Lipinski definition) is 4. The molecule has 1 aromatic heterocycles. The van der Waals surface area contributed by atoms with Gasteiger partial charge in [-0.05, 0) is 68.8 Å². The normalized spacial score (nSPS) is 24.4. The van der Waals surface area contributed by atoms with E-state index in [0.717, 1.165) is 45.6 Å². The number of carbonyl (C=O) groups excluding carboxylic acids is 1. The van der Waals surface area contributed by atoms with Crippen molar-refractivity contribution in [3.8, 4) is 0 Å². The number of aryl methyl sites for hydroxylation is 1. The van der Waals surface area contributed by atoms with Gasteiger partial charge >= 0.3 is 0 Å².